The van der Waals surface area contributed by atoms with Crippen molar-refractivity contribution >= 4 is 17.4 Å². The smallest absolute Gasteiger partial charge is 0.379 e. The molecule has 0 aliphatic carbocycles. The number of alkyl halides is 6. The second kappa shape index (κ2) is 10.3. The van der Waals surface area contributed by atoms with Gasteiger partial charge in [0.15, 0.2) is 5.69 Å². The van der Waals surface area contributed by atoms with Gasteiger partial charge in [0, 0.05) is 51.2 Å². The van der Waals surface area contributed by atoms with Gasteiger partial charge in [-0.15, -0.1) is 0 Å². The molecule has 0 unspecified atom stereocenters. The zero-order valence-electron chi connectivity index (χ0n) is 19.8. The van der Waals surface area contributed by atoms with E-state index in [9.17, 15) is 35.9 Å². The van der Waals surface area contributed by atoms with Crippen molar-refractivity contribution in [3.8, 4) is 0 Å². The van der Waals surface area contributed by atoms with Crippen LogP contribution in [0.25, 0.3) is 0 Å². The first-order chi connectivity index (χ1) is 17.8. The number of H-pyrrole nitrogens is 1. The predicted molar refractivity (Wildman–Crippen MR) is 123 cm³/mol. The van der Waals surface area contributed by atoms with Crippen LogP contribution in [0, 0.1) is 0 Å². The summed E-state index contributed by atoms with van der Waals surface area (Å²) in [7, 11) is 0. The van der Waals surface area contributed by atoms with E-state index in [-0.39, 0.29) is 18.3 Å². The minimum absolute atomic E-state index is 0.192. The Labute approximate surface area is 211 Å². The lowest BCUT2D eigenvalue weighted by molar-refractivity contribution is -0.141. The Kier molecular flexibility index (Phi) is 7.33. The summed E-state index contributed by atoms with van der Waals surface area (Å²) >= 11 is 0. The van der Waals surface area contributed by atoms with Crippen LogP contribution in [0.1, 0.15) is 28.5 Å². The van der Waals surface area contributed by atoms with Crippen LogP contribution >= 0.6 is 0 Å². The Morgan fingerprint density at radius 2 is 1.76 bits per heavy atom. The predicted octanol–water partition coefficient (Wildman–Crippen LogP) is 2.86. The molecular weight excluding hydrogens is 522 g/mol. The fraction of sp³-hybridized carbons (Fsp3) is 0.409. The standard InChI is InChI=1S/C22H22F6N8O2/c1-13(32-15-8-31-33-19(37)18(15)22(26,27)28)11-34-3-2-14(12-34)20(38)36-6-4-35(5-7-36)17-10-29-16(9-30-17)21(23,24)25/h2-3,8-10,12-13H,4-7,11H2,1H3,(H2,32,33,37)/t13-/m0/s1. The van der Waals surface area contributed by atoms with Crippen LogP contribution in [0.2, 0.25) is 0 Å². The van der Waals surface area contributed by atoms with Gasteiger partial charge in [0.25, 0.3) is 11.5 Å². The number of aromatic amines is 1. The van der Waals surface area contributed by atoms with E-state index >= 15 is 0 Å². The summed E-state index contributed by atoms with van der Waals surface area (Å²) in [6.45, 7) is 3.11. The van der Waals surface area contributed by atoms with Crippen molar-refractivity contribution in [2.24, 2.45) is 0 Å². The lowest BCUT2D eigenvalue weighted by Crippen LogP contribution is -2.49. The molecule has 1 saturated heterocycles. The highest BCUT2D eigenvalue weighted by Crippen LogP contribution is 2.32. The first kappa shape index (κ1) is 26.9. The van der Waals surface area contributed by atoms with Gasteiger partial charge in [0.1, 0.15) is 11.4 Å². The summed E-state index contributed by atoms with van der Waals surface area (Å²) in [5.41, 5.74) is -3.89. The summed E-state index contributed by atoms with van der Waals surface area (Å²) < 4.78 is 79.4. The van der Waals surface area contributed by atoms with E-state index in [1.807, 2.05) is 0 Å². The highest BCUT2D eigenvalue weighted by Gasteiger charge is 2.37. The highest BCUT2D eigenvalue weighted by atomic mass is 19.4. The topological polar surface area (TPSA) is 112 Å². The third-order valence-electron chi connectivity index (χ3n) is 5.84. The number of piperazine rings is 1. The number of halogens is 6. The van der Waals surface area contributed by atoms with Crippen molar-refractivity contribution in [2.75, 3.05) is 36.4 Å². The maximum Gasteiger partial charge on any atom is 0.434 e. The minimum Gasteiger partial charge on any atom is -0.379 e. The van der Waals surface area contributed by atoms with E-state index in [1.165, 1.54) is 0 Å². The summed E-state index contributed by atoms with van der Waals surface area (Å²) in [4.78, 5) is 35.1. The molecule has 0 spiro atoms. The number of anilines is 2. The first-order valence-electron chi connectivity index (χ1n) is 11.3. The molecule has 0 aromatic carbocycles. The number of hydrogen-bond acceptors (Lipinski definition) is 7. The van der Waals surface area contributed by atoms with Gasteiger partial charge >= 0.3 is 12.4 Å². The molecule has 1 atom stereocenters. The van der Waals surface area contributed by atoms with E-state index in [4.69, 9.17) is 0 Å². The van der Waals surface area contributed by atoms with E-state index in [2.05, 4.69) is 20.4 Å². The van der Waals surface area contributed by atoms with Gasteiger partial charge in [-0.25, -0.2) is 15.1 Å². The van der Waals surface area contributed by atoms with Gasteiger partial charge in [-0.2, -0.15) is 31.4 Å². The second-order valence-electron chi connectivity index (χ2n) is 8.66. The Balaban J connectivity index is 1.33. The Morgan fingerprint density at radius 1 is 1.05 bits per heavy atom. The molecule has 4 rings (SSSR count). The summed E-state index contributed by atoms with van der Waals surface area (Å²) in [6.07, 6.45) is -3.66. The number of nitrogens with zero attached hydrogens (tertiary/aromatic N) is 6. The number of amides is 1. The third-order valence-corrected chi connectivity index (χ3v) is 5.84. The molecule has 2 N–H and O–H groups in total. The zero-order chi connectivity index (χ0) is 27.7. The molecular formula is C22H22F6N8O2. The van der Waals surface area contributed by atoms with Crippen molar-refractivity contribution in [1.29, 1.82) is 0 Å². The summed E-state index contributed by atoms with van der Waals surface area (Å²) in [6, 6.07) is 1.03. The van der Waals surface area contributed by atoms with E-state index in [1.54, 1.807) is 44.8 Å². The largest absolute Gasteiger partial charge is 0.434 e. The van der Waals surface area contributed by atoms with Crippen LogP contribution < -0.4 is 15.8 Å². The molecule has 1 aliphatic heterocycles. The second-order valence-corrected chi connectivity index (χ2v) is 8.66. The number of hydrogen-bond donors (Lipinski definition) is 2. The number of aromatic nitrogens is 5. The van der Waals surface area contributed by atoms with Crippen LogP contribution in [-0.4, -0.2) is 67.8 Å². The lowest BCUT2D eigenvalue weighted by atomic mass is 10.2. The number of nitrogens with one attached hydrogen (secondary N) is 2. The van der Waals surface area contributed by atoms with E-state index in [0.717, 1.165) is 12.4 Å². The van der Waals surface area contributed by atoms with Gasteiger partial charge in [-0.05, 0) is 13.0 Å². The monoisotopic (exact) mass is 544 g/mol. The maximum atomic E-state index is 13.2. The van der Waals surface area contributed by atoms with Gasteiger partial charge < -0.3 is 19.7 Å². The lowest BCUT2D eigenvalue weighted by Gasteiger charge is -2.35. The van der Waals surface area contributed by atoms with Crippen LogP contribution in [0.3, 0.4) is 0 Å². The number of rotatable bonds is 6. The quantitative estimate of drug-likeness (QED) is 0.459. The molecule has 0 saturated carbocycles. The fourth-order valence-electron chi connectivity index (χ4n) is 4.05. The first-order valence-corrected chi connectivity index (χ1v) is 11.3. The van der Waals surface area contributed by atoms with E-state index in [0.29, 0.717) is 37.9 Å². The van der Waals surface area contributed by atoms with Crippen LogP contribution in [0.5, 0.6) is 0 Å². The summed E-state index contributed by atoms with van der Waals surface area (Å²) in [5.74, 6) is 0.0164. The van der Waals surface area contributed by atoms with E-state index < -0.39 is 40.9 Å². The Morgan fingerprint density at radius 3 is 2.37 bits per heavy atom. The van der Waals surface area contributed by atoms with Crippen molar-refractivity contribution in [3.05, 3.63) is 64.2 Å². The normalized spacial score (nSPS) is 15.4. The molecule has 3 aromatic rings. The number of carbonyl (C=O) groups is 1. The molecule has 1 aliphatic rings. The Bertz CT molecular complexity index is 1330. The van der Waals surface area contributed by atoms with Crippen LogP contribution in [0.15, 0.2) is 41.8 Å². The molecule has 3 aromatic heterocycles. The highest BCUT2D eigenvalue weighted by molar-refractivity contribution is 5.94. The Hall–Kier alpha value is -4.11. The molecule has 0 radical (unpaired) electrons. The van der Waals surface area contributed by atoms with Gasteiger partial charge in [0.05, 0.1) is 29.8 Å². The molecule has 0 bridgehead atoms. The van der Waals surface area contributed by atoms with Crippen LogP contribution in [0.4, 0.5) is 37.8 Å². The van der Waals surface area contributed by atoms with Crippen molar-refractivity contribution in [3.63, 3.8) is 0 Å². The fourth-order valence-corrected chi connectivity index (χ4v) is 4.05. The zero-order valence-corrected chi connectivity index (χ0v) is 19.8. The third kappa shape index (κ3) is 6.06. The average molecular weight is 544 g/mol. The van der Waals surface area contributed by atoms with Crippen molar-refractivity contribution in [2.45, 2.75) is 31.9 Å². The molecule has 38 heavy (non-hydrogen) atoms. The molecule has 10 nitrogen and oxygen atoms in total. The molecule has 1 fully saturated rings. The van der Waals surface area contributed by atoms with Gasteiger partial charge in [-0.3, -0.25) is 9.59 Å². The molecule has 204 valence electrons. The maximum absolute atomic E-state index is 13.2. The van der Waals surface area contributed by atoms with Gasteiger partial charge in [0.2, 0.25) is 0 Å². The average Bonchev–Trinajstić information content (AvgIpc) is 3.30. The number of carbonyl (C=O) groups excluding carboxylic acids is 1. The minimum atomic E-state index is -4.87. The van der Waals surface area contributed by atoms with Crippen molar-refractivity contribution in [1.82, 2.24) is 29.6 Å². The molecule has 1 amide bonds. The van der Waals surface area contributed by atoms with Gasteiger partial charge in [-0.1, -0.05) is 0 Å². The van der Waals surface area contributed by atoms with Crippen molar-refractivity contribution < 1.29 is 31.1 Å². The molecule has 4 heterocycles. The SMILES string of the molecule is C[C@@H](Cn1ccc(C(=O)N2CCN(c3cnc(C(F)(F)F)cn3)CC2)c1)Nc1cn[nH]c(=O)c1C(F)(F)F. The summed E-state index contributed by atoms with van der Waals surface area (Å²) in [5, 5.41) is 7.84. The molecule has 16 heteroatoms. The van der Waals surface area contributed by atoms with Crippen LogP contribution in [-0.2, 0) is 18.9 Å².